The molecule has 1 rings (SSSR count). The van der Waals surface area contributed by atoms with E-state index in [-0.39, 0.29) is 17.9 Å². The highest BCUT2D eigenvalue weighted by molar-refractivity contribution is 5.97. The van der Waals surface area contributed by atoms with Crippen LogP contribution in [-0.4, -0.2) is 17.9 Å². The van der Waals surface area contributed by atoms with E-state index in [1.165, 1.54) is 0 Å². The lowest BCUT2D eigenvalue weighted by Crippen LogP contribution is -2.31. The van der Waals surface area contributed by atoms with Gasteiger partial charge in [-0.15, -0.1) is 0 Å². The van der Waals surface area contributed by atoms with E-state index >= 15 is 0 Å². The van der Waals surface area contributed by atoms with Crippen molar-refractivity contribution in [2.45, 2.75) is 46.1 Å². The summed E-state index contributed by atoms with van der Waals surface area (Å²) in [4.78, 5) is 23.5. The van der Waals surface area contributed by atoms with Crippen molar-refractivity contribution in [3.05, 3.63) is 29.8 Å². The Morgan fingerprint density at radius 3 is 2.63 bits per heavy atom. The number of carbonyl (C=O) groups excluding carboxylic acids is 2. The molecule has 1 aromatic carbocycles. The molecule has 2 N–H and O–H groups in total. The number of hydrogen-bond acceptors (Lipinski definition) is 2. The van der Waals surface area contributed by atoms with Crippen LogP contribution in [0.15, 0.2) is 24.3 Å². The Kier molecular flexibility index (Phi) is 6.06. The van der Waals surface area contributed by atoms with Gasteiger partial charge >= 0.3 is 0 Å². The summed E-state index contributed by atoms with van der Waals surface area (Å²) in [6.07, 6.45) is 2.18. The highest BCUT2D eigenvalue weighted by Crippen LogP contribution is 2.11. The van der Waals surface area contributed by atoms with Crippen molar-refractivity contribution in [1.82, 2.24) is 5.32 Å². The lowest BCUT2D eigenvalue weighted by Gasteiger charge is -2.12. The molecular formula is C15H22N2O2. The molecule has 0 aromatic heterocycles. The average molecular weight is 262 g/mol. The summed E-state index contributed by atoms with van der Waals surface area (Å²) in [6.45, 7) is 5.94. The molecule has 4 heteroatoms. The Bertz CT molecular complexity index is 444. The van der Waals surface area contributed by atoms with E-state index in [0.29, 0.717) is 17.7 Å². The van der Waals surface area contributed by atoms with Crippen LogP contribution in [-0.2, 0) is 4.79 Å². The second-order valence-electron chi connectivity index (χ2n) is 4.66. The Balaban J connectivity index is 2.71. The lowest BCUT2D eigenvalue weighted by atomic mass is 10.1. The third-order valence-electron chi connectivity index (χ3n) is 2.88. The average Bonchev–Trinajstić information content (AvgIpc) is 2.39. The van der Waals surface area contributed by atoms with Gasteiger partial charge in [-0.05, 0) is 38.0 Å². The SMILES string of the molecule is CCCC(=O)Nc1cccc(C(=O)N[C@H](C)CC)c1. The van der Waals surface area contributed by atoms with Crippen LogP contribution >= 0.6 is 0 Å². The second kappa shape index (κ2) is 7.56. The van der Waals surface area contributed by atoms with Crippen molar-refractivity contribution in [3.63, 3.8) is 0 Å². The van der Waals surface area contributed by atoms with Gasteiger partial charge in [-0.2, -0.15) is 0 Å². The van der Waals surface area contributed by atoms with E-state index < -0.39 is 0 Å². The Morgan fingerprint density at radius 1 is 1.26 bits per heavy atom. The van der Waals surface area contributed by atoms with Gasteiger partial charge in [0.15, 0.2) is 0 Å². The van der Waals surface area contributed by atoms with Crippen LogP contribution in [0.1, 0.15) is 50.4 Å². The Morgan fingerprint density at radius 2 is 2.00 bits per heavy atom. The molecule has 104 valence electrons. The Labute approximate surface area is 114 Å². The predicted molar refractivity (Wildman–Crippen MR) is 77.2 cm³/mol. The van der Waals surface area contributed by atoms with Gasteiger partial charge in [-0.25, -0.2) is 0 Å². The zero-order valence-corrected chi connectivity index (χ0v) is 11.8. The Hall–Kier alpha value is -1.84. The van der Waals surface area contributed by atoms with E-state index in [1.54, 1.807) is 24.3 Å². The van der Waals surface area contributed by atoms with Crippen molar-refractivity contribution in [3.8, 4) is 0 Å². The van der Waals surface area contributed by atoms with Gasteiger partial charge in [-0.1, -0.05) is 19.9 Å². The molecule has 0 bridgehead atoms. The quantitative estimate of drug-likeness (QED) is 0.828. The molecule has 4 nitrogen and oxygen atoms in total. The van der Waals surface area contributed by atoms with E-state index in [0.717, 1.165) is 12.8 Å². The molecule has 0 aliphatic rings. The first-order valence-electron chi connectivity index (χ1n) is 6.77. The van der Waals surface area contributed by atoms with Crippen molar-refractivity contribution >= 4 is 17.5 Å². The largest absolute Gasteiger partial charge is 0.350 e. The summed E-state index contributed by atoms with van der Waals surface area (Å²) in [5.41, 5.74) is 1.23. The maximum Gasteiger partial charge on any atom is 0.251 e. The number of hydrogen-bond donors (Lipinski definition) is 2. The maximum absolute atomic E-state index is 12.0. The highest BCUT2D eigenvalue weighted by Gasteiger charge is 2.09. The van der Waals surface area contributed by atoms with Crippen LogP contribution in [0.5, 0.6) is 0 Å². The van der Waals surface area contributed by atoms with Crippen LogP contribution in [0, 0.1) is 0 Å². The minimum atomic E-state index is -0.110. The zero-order valence-electron chi connectivity index (χ0n) is 11.8. The highest BCUT2D eigenvalue weighted by atomic mass is 16.2. The van der Waals surface area contributed by atoms with Crippen LogP contribution in [0.2, 0.25) is 0 Å². The third-order valence-corrected chi connectivity index (χ3v) is 2.88. The molecule has 2 amide bonds. The molecule has 0 radical (unpaired) electrons. The molecule has 0 unspecified atom stereocenters. The minimum Gasteiger partial charge on any atom is -0.350 e. The summed E-state index contributed by atoms with van der Waals surface area (Å²) >= 11 is 0. The zero-order chi connectivity index (χ0) is 14.3. The first-order valence-corrected chi connectivity index (χ1v) is 6.77. The molecule has 1 aromatic rings. The summed E-state index contributed by atoms with van der Waals surface area (Å²) in [7, 11) is 0. The van der Waals surface area contributed by atoms with Crippen molar-refractivity contribution in [1.29, 1.82) is 0 Å². The van der Waals surface area contributed by atoms with E-state index in [9.17, 15) is 9.59 Å². The van der Waals surface area contributed by atoms with E-state index in [4.69, 9.17) is 0 Å². The molecular weight excluding hydrogens is 240 g/mol. The molecule has 0 heterocycles. The fourth-order valence-electron chi connectivity index (χ4n) is 1.60. The maximum atomic E-state index is 12.0. The van der Waals surface area contributed by atoms with Gasteiger partial charge in [0.1, 0.15) is 0 Å². The number of rotatable bonds is 6. The fourth-order valence-corrected chi connectivity index (χ4v) is 1.60. The summed E-state index contributed by atoms with van der Waals surface area (Å²) in [5, 5.41) is 5.69. The number of nitrogens with one attached hydrogen (secondary N) is 2. The van der Waals surface area contributed by atoms with Gasteiger partial charge in [0.05, 0.1) is 0 Å². The number of anilines is 1. The topological polar surface area (TPSA) is 58.2 Å². The van der Waals surface area contributed by atoms with Gasteiger partial charge in [0.2, 0.25) is 5.91 Å². The van der Waals surface area contributed by atoms with E-state index in [2.05, 4.69) is 10.6 Å². The summed E-state index contributed by atoms with van der Waals surface area (Å²) in [5.74, 6) is -0.136. The molecule has 0 aliphatic heterocycles. The van der Waals surface area contributed by atoms with E-state index in [1.807, 2.05) is 20.8 Å². The molecule has 0 saturated heterocycles. The fraction of sp³-hybridized carbons (Fsp3) is 0.467. The van der Waals surface area contributed by atoms with Crippen molar-refractivity contribution in [2.75, 3.05) is 5.32 Å². The predicted octanol–water partition coefficient (Wildman–Crippen LogP) is 2.95. The summed E-state index contributed by atoms with van der Waals surface area (Å²) < 4.78 is 0. The molecule has 19 heavy (non-hydrogen) atoms. The van der Waals surface area contributed by atoms with Crippen molar-refractivity contribution in [2.24, 2.45) is 0 Å². The van der Waals surface area contributed by atoms with Gasteiger partial charge in [0.25, 0.3) is 5.91 Å². The van der Waals surface area contributed by atoms with Gasteiger partial charge in [-0.3, -0.25) is 9.59 Å². The number of benzene rings is 1. The minimum absolute atomic E-state index is 0.0259. The van der Waals surface area contributed by atoms with Crippen LogP contribution in [0.3, 0.4) is 0 Å². The first kappa shape index (κ1) is 15.2. The van der Waals surface area contributed by atoms with Gasteiger partial charge in [0, 0.05) is 23.7 Å². The second-order valence-corrected chi connectivity index (χ2v) is 4.66. The lowest BCUT2D eigenvalue weighted by molar-refractivity contribution is -0.116. The smallest absolute Gasteiger partial charge is 0.251 e. The molecule has 0 saturated carbocycles. The van der Waals surface area contributed by atoms with Crippen LogP contribution < -0.4 is 10.6 Å². The van der Waals surface area contributed by atoms with Gasteiger partial charge < -0.3 is 10.6 Å². The molecule has 1 atom stereocenters. The standard InChI is InChI=1S/C15H22N2O2/c1-4-7-14(18)17-13-9-6-8-12(10-13)15(19)16-11(3)5-2/h6,8-11H,4-5,7H2,1-3H3,(H,16,19)(H,17,18)/t11-/m1/s1. The number of carbonyl (C=O) groups is 2. The first-order chi connectivity index (χ1) is 9.06. The van der Waals surface area contributed by atoms with Crippen molar-refractivity contribution < 1.29 is 9.59 Å². The molecule has 0 spiro atoms. The van der Waals surface area contributed by atoms with Crippen LogP contribution in [0.4, 0.5) is 5.69 Å². The number of amides is 2. The third kappa shape index (κ3) is 5.12. The summed E-state index contributed by atoms with van der Waals surface area (Å²) in [6, 6.07) is 7.14. The molecule has 0 aliphatic carbocycles. The molecule has 0 fully saturated rings. The normalized spacial score (nSPS) is 11.7. The monoisotopic (exact) mass is 262 g/mol. The van der Waals surface area contributed by atoms with Crippen LogP contribution in [0.25, 0.3) is 0 Å².